The molecule has 0 atom stereocenters. The van der Waals surface area contributed by atoms with Crippen LogP contribution in [0, 0.1) is 0 Å². The average molecular weight is 389 g/mol. The van der Waals surface area contributed by atoms with E-state index in [1.807, 2.05) is 19.2 Å². The second-order valence-electron chi connectivity index (χ2n) is 7.81. The van der Waals surface area contributed by atoms with Gasteiger partial charge >= 0.3 is 0 Å². The van der Waals surface area contributed by atoms with Crippen molar-refractivity contribution in [2.24, 2.45) is 0 Å². The van der Waals surface area contributed by atoms with Crippen molar-refractivity contribution in [2.45, 2.75) is 39.2 Å². The highest BCUT2D eigenvalue weighted by Gasteiger charge is 2.25. The first-order valence-electron chi connectivity index (χ1n) is 10.3. The molecule has 1 amide bonds. The van der Waals surface area contributed by atoms with Crippen molar-refractivity contribution in [1.29, 1.82) is 0 Å². The second kappa shape index (κ2) is 7.74. The summed E-state index contributed by atoms with van der Waals surface area (Å²) in [6.45, 7) is 5.25. The Bertz CT molecular complexity index is 1040. The van der Waals surface area contributed by atoms with Gasteiger partial charge in [0.05, 0.1) is 6.42 Å². The summed E-state index contributed by atoms with van der Waals surface area (Å²) in [6.07, 6.45) is 8.84. The van der Waals surface area contributed by atoms with Crippen molar-refractivity contribution in [1.82, 2.24) is 9.88 Å². The fourth-order valence-electron chi connectivity index (χ4n) is 4.28. The van der Waals surface area contributed by atoms with Gasteiger partial charge in [0.2, 0.25) is 11.5 Å². The summed E-state index contributed by atoms with van der Waals surface area (Å²) in [5, 5.41) is 0. The van der Waals surface area contributed by atoms with Crippen LogP contribution in [0.3, 0.4) is 0 Å². The number of carbonyl (C=O) groups is 1. The minimum Gasteiger partial charge on any atom is -0.370 e. The van der Waals surface area contributed by atoms with E-state index in [0.717, 1.165) is 47.3 Å². The zero-order valence-electron chi connectivity index (χ0n) is 17.2. The van der Waals surface area contributed by atoms with Gasteiger partial charge in [-0.05, 0) is 65.0 Å². The maximum Gasteiger partial charge on any atom is 0.247 e. The van der Waals surface area contributed by atoms with E-state index in [0.29, 0.717) is 12.5 Å². The molecule has 1 aromatic heterocycles. The standard InChI is InChI=1S/C24H27N3O2/c1-4-21(5-2)27-14-19(11-20(15-27)17-7-9-23(28)25-13-17)16-6-8-22-18(10-16)12-24(29)26(22)3/h6-11,13-14,21H,4-5,12,15H2,1-3H3,(H,25,28). The molecule has 2 aliphatic heterocycles. The number of hydrogen-bond donors (Lipinski definition) is 1. The first kappa shape index (κ1) is 19.2. The molecule has 0 bridgehead atoms. The van der Waals surface area contributed by atoms with Crippen molar-refractivity contribution in [3.05, 3.63) is 75.8 Å². The van der Waals surface area contributed by atoms with Crippen molar-refractivity contribution >= 4 is 22.7 Å². The molecule has 0 radical (unpaired) electrons. The van der Waals surface area contributed by atoms with Crippen molar-refractivity contribution in [3.63, 3.8) is 0 Å². The number of allylic oxidation sites excluding steroid dienone is 2. The van der Waals surface area contributed by atoms with E-state index >= 15 is 0 Å². The van der Waals surface area contributed by atoms with Gasteiger partial charge < -0.3 is 14.8 Å². The van der Waals surface area contributed by atoms with Crippen LogP contribution in [0.25, 0.3) is 11.1 Å². The molecule has 5 nitrogen and oxygen atoms in total. The quantitative estimate of drug-likeness (QED) is 0.846. The molecule has 5 heteroatoms. The van der Waals surface area contributed by atoms with Gasteiger partial charge in [0, 0.05) is 43.8 Å². The Balaban J connectivity index is 1.76. The Morgan fingerprint density at radius 3 is 2.52 bits per heavy atom. The van der Waals surface area contributed by atoms with Crippen molar-refractivity contribution < 1.29 is 4.79 Å². The predicted molar refractivity (Wildman–Crippen MR) is 118 cm³/mol. The summed E-state index contributed by atoms with van der Waals surface area (Å²) in [5.74, 6) is 0.137. The number of amides is 1. The third kappa shape index (κ3) is 3.65. The lowest BCUT2D eigenvalue weighted by Gasteiger charge is -2.34. The van der Waals surface area contributed by atoms with E-state index < -0.39 is 0 Å². The topological polar surface area (TPSA) is 56.4 Å². The number of aromatic nitrogens is 1. The highest BCUT2D eigenvalue weighted by Crippen LogP contribution is 2.34. The van der Waals surface area contributed by atoms with Gasteiger partial charge in [0.1, 0.15) is 0 Å². The Labute approximate surface area is 171 Å². The molecule has 4 rings (SSSR count). The van der Waals surface area contributed by atoms with Crippen LogP contribution in [0.2, 0.25) is 0 Å². The Hall–Kier alpha value is -3.08. The smallest absolute Gasteiger partial charge is 0.247 e. The van der Waals surface area contributed by atoms with Gasteiger partial charge in [-0.15, -0.1) is 0 Å². The van der Waals surface area contributed by atoms with E-state index in [1.165, 1.54) is 5.57 Å². The summed E-state index contributed by atoms with van der Waals surface area (Å²) < 4.78 is 0. The van der Waals surface area contributed by atoms with E-state index in [2.05, 4.69) is 48.1 Å². The Kier molecular flexibility index (Phi) is 5.14. The third-order valence-electron chi connectivity index (χ3n) is 6.04. The van der Waals surface area contributed by atoms with Crippen LogP contribution in [-0.2, 0) is 11.2 Å². The van der Waals surface area contributed by atoms with E-state index in [1.54, 1.807) is 17.2 Å². The minimum absolute atomic E-state index is 0.0924. The first-order chi connectivity index (χ1) is 14.0. The number of benzene rings is 1. The van der Waals surface area contributed by atoms with Gasteiger partial charge in [0.25, 0.3) is 0 Å². The number of hydrogen-bond acceptors (Lipinski definition) is 3. The molecule has 1 aromatic carbocycles. The summed E-state index contributed by atoms with van der Waals surface area (Å²) in [4.78, 5) is 30.5. The van der Waals surface area contributed by atoms with Gasteiger partial charge in [-0.1, -0.05) is 19.9 Å². The lowest BCUT2D eigenvalue weighted by atomic mass is 9.94. The maximum atomic E-state index is 12.1. The number of anilines is 1. The third-order valence-corrected chi connectivity index (χ3v) is 6.04. The summed E-state index contributed by atoms with van der Waals surface area (Å²) in [5.41, 5.74) is 6.44. The molecule has 0 spiro atoms. The number of pyridine rings is 1. The van der Waals surface area contributed by atoms with Gasteiger partial charge in [0.15, 0.2) is 0 Å². The SMILES string of the molecule is CCC(CC)N1C=C(c2ccc3c(c2)CC(=O)N3C)C=C(c2ccc(=O)[nH]c2)C1. The largest absolute Gasteiger partial charge is 0.370 e. The van der Waals surface area contributed by atoms with Crippen LogP contribution in [0.15, 0.2) is 53.6 Å². The average Bonchev–Trinajstić information content (AvgIpc) is 3.02. The summed E-state index contributed by atoms with van der Waals surface area (Å²) in [7, 11) is 1.83. The molecule has 29 heavy (non-hydrogen) atoms. The molecule has 3 heterocycles. The number of rotatable bonds is 5. The van der Waals surface area contributed by atoms with Crippen LogP contribution >= 0.6 is 0 Å². The molecule has 0 saturated carbocycles. The molecule has 2 aromatic rings. The fraction of sp³-hybridized carbons (Fsp3) is 0.333. The van der Waals surface area contributed by atoms with Gasteiger partial charge in [-0.2, -0.15) is 0 Å². The molecular weight excluding hydrogens is 362 g/mol. The zero-order chi connectivity index (χ0) is 20.5. The summed E-state index contributed by atoms with van der Waals surface area (Å²) >= 11 is 0. The van der Waals surface area contributed by atoms with Gasteiger partial charge in [-0.3, -0.25) is 9.59 Å². The lowest BCUT2D eigenvalue weighted by molar-refractivity contribution is -0.117. The predicted octanol–water partition coefficient (Wildman–Crippen LogP) is 3.82. The first-order valence-corrected chi connectivity index (χ1v) is 10.3. The fourth-order valence-corrected chi connectivity index (χ4v) is 4.28. The molecule has 0 saturated heterocycles. The number of nitrogens with one attached hydrogen (secondary N) is 1. The highest BCUT2D eigenvalue weighted by molar-refractivity contribution is 6.01. The van der Waals surface area contributed by atoms with Gasteiger partial charge in [-0.25, -0.2) is 0 Å². The number of nitrogens with zero attached hydrogens (tertiary/aromatic N) is 2. The maximum absolute atomic E-state index is 12.1. The second-order valence-corrected chi connectivity index (χ2v) is 7.81. The normalized spacial score (nSPS) is 16.2. The molecule has 0 fully saturated rings. The molecule has 1 N–H and O–H groups in total. The number of likely N-dealkylation sites (N-methyl/N-ethyl adjacent to an activating group) is 1. The number of carbonyl (C=O) groups excluding carboxylic acids is 1. The minimum atomic E-state index is -0.0924. The molecular formula is C24H27N3O2. The Morgan fingerprint density at radius 2 is 1.83 bits per heavy atom. The molecule has 0 unspecified atom stereocenters. The van der Waals surface area contributed by atoms with E-state index in [-0.39, 0.29) is 11.5 Å². The number of fused-ring (bicyclic) bond motifs is 1. The van der Waals surface area contributed by atoms with Crippen LogP contribution in [0.1, 0.15) is 43.4 Å². The summed E-state index contributed by atoms with van der Waals surface area (Å²) in [6, 6.07) is 10.2. The van der Waals surface area contributed by atoms with Crippen LogP contribution in [-0.4, -0.2) is 35.4 Å². The zero-order valence-corrected chi connectivity index (χ0v) is 17.2. The molecule has 150 valence electrons. The molecule has 2 aliphatic rings. The van der Waals surface area contributed by atoms with Crippen LogP contribution < -0.4 is 10.5 Å². The van der Waals surface area contributed by atoms with E-state index in [4.69, 9.17) is 0 Å². The van der Waals surface area contributed by atoms with Crippen molar-refractivity contribution in [3.8, 4) is 0 Å². The number of H-pyrrole nitrogens is 1. The Morgan fingerprint density at radius 1 is 1.07 bits per heavy atom. The van der Waals surface area contributed by atoms with E-state index in [9.17, 15) is 9.59 Å². The lowest BCUT2D eigenvalue weighted by Crippen LogP contribution is -2.33. The number of aromatic amines is 1. The monoisotopic (exact) mass is 389 g/mol. The van der Waals surface area contributed by atoms with Crippen molar-refractivity contribution in [2.75, 3.05) is 18.5 Å². The molecule has 0 aliphatic carbocycles. The highest BCUT2D eigenvalue weighted by atomic mass is 16.2. The van der Waals surface area contributed by atoms with Crippen LogP contribution in [0.4, 0.5) is 5.69 Å². The van der Waals surface area contributed by atoms with Crippen LogP contribution in [0.5, 0.6) is 0 Å².